The standard InChI is InChI=1S/C30H33F2N7O4/c1-37(27(40)24(9-17-4-5-17)39-14-22(35-36-39)18-6-7-18)23(8-16-2-3-16)28(41)38-15-30(12-20(38)13-33)29(42)34-26-21(32)10-19(31)11-25(26)43-30/h10-11,14,16-18,20,23-24H,2-9,12,15H2,1H3,(H,34,42)/t20-,23-,24?,30+/m0/s1. The molecule has 3 aliphatic carbocycles. The van der Waals surface area contributed by atoms with E-state index in [-0.39, 0.29) is 36.2 Å². The number of hydrogen-bond donors (Lipinski definition) is 1. The van der Waals surface area contributed by atoms with E-state index in [9.17, 15) is 28.4 Å². The van der Waals surface area contributed by atoms with Crippen LogP contribution in [0.2, 0.25) is 0 Å². The van der Waals surface area contributed by atoms with Crippen molar-refractivity contribution in [1.82, 2.24) is 24.8 Å². The molecule has 1 N–H and O–H groups in total. The second-order valence-electron chi connectivity index (χ2n) is 12.9. The van der Waals surface area contributed by atoms with E-state index in [1.165, 1.54) is 9.80 Å². The molecule has 3 heterocycles. The second-order valence-corrected chi connectivity index (χ2v) is 12.9. The van der Waals surface area contributed by atoms with Crippen molar-refractivity contribution >= 4 is 23.4 Å². The van der Waals surface area contributed by atoms with Gasteiger partial charge in [-0.2, -0.15) is 5.26 Å². The fourth-order valence-corrected chi connectivity index (χ4v) is 6.37. The van der Waals surface area contributed by atoms with Crippen LogP contribution in [0.4, 0.5) is 14.5 Å². The Balaban J connectivity index is 1.15. The van der Waals surface area contributed by atoms with Crippen LogP contribution < -0.4 is 10.1 Å². The number of amides is 3. The Labute approximate surface area is 247 Å². The highest BCUT2D eigenvalue weighted by molar-refractivity contribution is 6.02. The number of likely N-dealkylation sites (tertiary alicyclic amines) is 1. The second kappa shape index (κ2) is 10.3. The molecule has 43 heavy (non-hydrogen) atoms. The first-order valence-electron chi connectivity index (χ1n) is 15.0. The summed E-state index contributed by atoms with van der Waals surface area (Å²) in [4.78, 5) is 44.3. The lowest BCUT2D eigenvalue weighted by Gasteiger charge is -2.36. The van der Waals surface area contributed by atoms with Gasteiger partial charge in [-0.15, -0.1) is 5.10 Å². The van der Waals surface area contributed by atoms with Crippen LogP contribution in [0.5, 0.6) is 5.75 Å². The molecule has 0 radical (unpaired) electrons. The molecule has 11 nitrogen and oxygen atoms in total. The number of ether oxygens (including phenoxy) is 1. The number of hydrogen-bond acceptors (Lipinski definition) is 7. The third-order valence-electron chi connectivity index (χ3n) is 9.47. The predicted octanol–water partition coefficient (Wildman–Crippen LogP) is 3.30. The third-order valence-corrected chi connectivity index (χ3v) is 9.47. The monoisotopic (exact) mass is 593 g/mol. The van der Waals surface area contributed by atoms with Crippen LogP contribution in [0.15, 0.2) is 18.3 Å². The van der Waals surface area contributed by atoms with Crippen LogP contribution in [0.3, 0.4) is 0 Å². The Morgan fingerprint density at radius 1 is 1.19 bits per heavy atom. The average molecular weight is 594 g/mol. The number of benzene rings is 1. The molecule has 2 aliphatic heterocycles. The first-order valence-corrected chi connectivity index (χ1v) is 15.0. The molecule has 1 spiro atoms. The number of nitriles is 1. The number of carbonyl (C=O) groups is 3. The van der Waals surface area contributed by atoms with Crippen molar-refractivity contribution in [2.45, 2.75) is 87.4 Å². The normalized spacial score (nSPS) is 25.9. The quantitative estimate of drug-likeness (QED) is 0.472. The maximum atomic E-state index is 14.3. The molecule has 1 unspecified atom stereocenters. The molecule has 0 bridgehead atoms. The summed E-state index contributed by atoms with van der Waals surface area (Å²) in [5.41, 5.74) is -1.11. The summed E-state index contributed by atoms with van der Waals surface area (Å²) in [5.74, 6) is -2.42. The van der Waals surface area contributed by atoms with Gasteiger partial charge in [0.2, 0.25) is 17.4 Å². The Kier molecular flexibility index (Phi) is 6.63. The number of anilines is 1. The summed E-state index contributed by atoms with van der Waals surface area (Å²) in [7, 11) is 1.62. The van der Waals surface area contributed by atoms with Crippen molar-refractivity contribution in [1.29, 1.82) is 5.26 Å². The van der Waals surface area contributed by atoms with E-state index in [0.717, 1.165) is 50.3 Å². The SMILES string of the molecule is CN(C(=O)C(CC1CC1)n1cc(C2CC2)nn1)[C@@H](CC1CC1)C(=O)N1C[C@@]2(C[C@H]1C#N)Oc1cc(F)cc(F)c1NC2=O. The van der Waals surface area contributed by atoms with Gasteiger partial charge in [-0.3, -0.25) is 14.4 Å². The van der Waals surface area contributed by atoms with Crippen molar-refractivity contribution in [3.63, 3.8) is 0 Å². The maximum Gasteiger partial charge on any atom is 0.270 e. The summed E-state index contributed by atoms with van der Waals surface area (Å²) in [5, 5.41) is 21.1. The van der Waals surface area contributed by atoms with Crippen LogP contribution in [0, 0.1) is 34.8 Å². The summed E-state index contributed by atoms with van der Waals surface area (Å²) < 4.78 is 35.9. The van der Waals surface area contributed by atoms with E-state index in [2.05, 4.69) is 21.7 Å². The zero-order chi connectivity index (χ0) is 30.0. The molecule has 3 amide bonds. The average Bonchev–Trinajstić information content (AvgIpc) is 3.90. The lowest BCUT2D eigenvalue weighted by atomic mass is 9.97. The fraction of sp³-hybridized carbons (Fsp3) is 0.600. The highest BCUT2D eigenvalue weighted by atomic mass is 19.1. The number of nitrogens with one attached hydrogen (secondary N) is 1. The number of fused-ring (bicyclic) bond motifs is 1. The maximum absolute atomic E-state index is 14.3. The van der Waals surface area contributed by atoms with Crippen LogP contribution in [-0.4, -0.2) is 73.8 Å². The molecule has 3 saturated carbocycles. The molecule has 7 rings (SSSR count). The summed E-state index contributed by atoms with van der Waals surface area (Å²) >= 11 is 0. The molecule has 2 aromatic rings. The van der Waals surface area contributed by atoms with Crippen molar-refractivity contribution in [2.75, 3.05) is 18.9 Å². The fourth-order valence-electron chi connectivity index (χ4n) is 6.37. The Bertz CT molecular complexity index is 1530. The molecule has 1 aromatic carbocycles. The number of likely N-dealkylation sites (N-methyl/N-ethyl adjacent to an activating group) is 1. The zero-order valence-electron chi connectivity index (χ0n) is 23.8. The van der Waals surface area contributed by atoms with Gasteiger partial charge in [0.05, 0.1) is 18.3 Å². The molecule has 4 atom stereocenters. The van der Waals surface area contributed by atoms with Crippen molar-refractivity contribution < 1.29 is 27.9 Å². The number of aromatic nitrogens is 3. The number of rotatable bonds is 9. The Morgan fingerprint density at radius 2 is 1.91 bits per heavy atom. The van der Waals surface area contributed by atoms with E-state index in [4.69, 9.17) is 4.74 Å². The van der Waals surface area contributed by atoms with Crippen LogP contribution in [0.1, 0.15) is 75.4 Å². The van der Waals surface area contributed by atoms with Gasteiger partial charge in [0.1, 0.15) is 29.6 Å². The lowest BCUT2D eigenvalue weighted by Crippen LogP contribution is -2.56. The first kappa shape index (κ1) is 27.7. The minimum absolute atomic E-state index is 0.181. The highest BCUT2D eigenvalue weighted by Crippen LogP contribution is 2.44. The lowest BCUT2D eigenvalue weighted by molar-refractivity contribution is -0.148. The molecule has 5 aliphatic rings. The van der Waals surface area contributed by atoms with E-state index >= 15 is 0 Å². The topological polar surface area (TPSA) is 133 Å². The van der Waals surface area contributed by atoms with Crippen LogP contribution >= 0.6 is 0 Å². The van der Waals surface area contributed by atoms with Gasteiger partial charge in [-0.25, -0.2) is 13.5 Å². The van der Waals surface area contributed by atoms with Crippen molar-refractivity contribution in [2.24, 2.45) is 11.8 Å². The smallest absolute Gasteiger partial charge is 0.270 e. The first-order chi connectivity index (χ1) is 20.7. The molecule has 1 saturated heterocycles. The van der Waals surface area contributed by atoms with Gasteiger partial charge in [-0.1, -0.05) is 30.9 Å². The largest absolute Gasteiger partial charge is 0.473 e. The van der Waals surface area contributed by atoms with Crippen molar-refractivity contribution in [3.8, 4) is 11.8 Å². The third kappa shape index (κ3) is 5.21. The van der Waals surface area contributed by atoms with Gasteiger partial charge in [0.25, 0.3) is 5.91 Å². The van der Waals surface area contributed by atoms with Gasteiger partial charge in [0, 0.05) is 37.7 Å². The Morgan fingerprint density at radius 3 is 2.58 bits per heavy atom. The summed E-state index contributed by atoms with van der Waals surface area (Å²) in [6.07, 6.45) is 8.80. The van der Waals surface area contributed by atoms with Crippen LogP contribution in [0.25, 0.3) is 0 Å². The molecule has 226 valence electrons. The Hall–Kier alpha value is -4.08. The van der Waals surface area contributed by atoms with Gasteiger partial charge >= 0.3 is 0 Å². The van der Waals surface area contributed by atoms with Gasteiger partial charge in [-0.05, 0) is 37.5 Å². The summed E-state index contributed by atoms with van der Waals surface area (Å²) in [6.45, 7) is -0.296. The summed E-state index contributed by atoms with van der Waals surface area (Å²) in [6, 6.07) is 1.20. The number of nitrogens with zero attached hydrogens (tertiary/aromatic N) is 6. The molecule has 1 aromatic heterocycles. The molecule has 13 heteroatoms. The predicted molar refractivity (Wildman–Crippen MR) is 146 cm³/mol. The number of halogens is 2. The van der Waals surface area contributed by atoms with Gasteiger partial charge < -0.3 is 19.9 Å². The zero-order valence-corrected chi connectivity index (χ0v) is 23.8. The van der Waals surface area contributed by atoms with Gasteiger partial charge in [0.15, 0.2) is 11.6 Å². The highest BCUT2D eigenvalue weighted by Gasteiger charge is 2.57. The minimum atomic E-state index is -1.70. The van der Waals surface area contributed by atoms with E-state index in [1.807, 2.05) is 6.20 Å². The van der Waals surface area contributed by atoms with Crippen molar-refractivity contribution in [3.05, 3.63) is 35.7 Å². The van der Waals surface area contributed by atoms with E-state index in [0.29, 0.717) is 30.7 Å². The van der Waals surface area contributed by atoms with Crippen LogP contribution in [-0.2, 0) is 14.4 Å². The van der Waals surface area contributed by atoms with E-state index < -0.39 is 47.2 Å². The number of carbonyl (C=O) groups excluding carboxylic acids is 3. The molecular weight excluding hydrogens is 560 g/mol. The minimum Gasteiger partial charge on any atom is -0.473 e. The molecular formula is C30H33F2N7O4. The van der Waals surface area contributed by atoms with E-state index in [1.54, 1.807) is 11.7 Å². The molecule has 4 fully saturated rings.